The third kappa shape index (κ3) is 3.69. The molecule has 1 aliphatic rings. The van der Waals surface area contributed by atoms with Crippen LogP contribution in [0.3, 0.4) is 0 Å². The number of hydrogen-bond donors (Lipinski definition) is 0. The van der Waals surface area contributed by atoms with Crippen LogP contribution in [0.2, 0.25) is 0 Å². The molecular formula is C17H24O. The third-order valence-corrected chi connectivity index (χ3v) is 4.17. The van der Waals surface area contributed by atoms with E-state index in [0.717, 1.165) is 31.6 Å². The molecule has 0 N–H and O–H groups in total. The van der Waals surface area contributed by atoms with Crippen molar-refractivity contribution >= 4 is 5.78 Å². The average Bonchev–Trinajstić information content (AvgIpc) is 2.38. The zero-order chi connectivity index (χ0) is 13.0. The lowest BCUT2D eigenvalue weighted by molar-refractivity contribution is -0.124. The molecule has 1 aromatic carbocycles. The Balaban J connectivity index is 1.82. The standard InChI is InChI=1S/C17H24O/c1-13-6-8-15(9-7-13)10-11-17(18)16-5-3-4-14(2)12-16/h6-9,14,16H,3-5,10-12H2,1-2H3. The number of ketones is 1. The van der Waals surface area contributed by atoms with Crippen LogP contribution in [0.4, 0.5) is 0 Å². The molecule has 0 aliphatic heterocycles. The van der Waals surface area contributed by atoms with Gasteiger partial charge in [-0.3, -0.25) is 4.79 Å². The van der Waals surface area contributed by atoms with Gasteiger partial charge in [0.05, 0.1) is 0 Å². The fourth-order valence-corrected chi connectivity index (χ4v) is 2.95. The Morgan fingerprint density at radius 3 is 2.61 bits per heavy atom. The van der Waals surface area contributed by atoms with E-state index in [2.05, 4.69) is 38.1 Å². The minimum absolute atomic E-state index is 0.346. The van der Waals surface area contributed by atoms with Crippen molar-refractivity contribution in [3.63, 3.8) is 0 Å². The van der Waals surface area contributed by atoms with E-state index >= 15 is 0 Å². The predicted octanol–water partition coefficient (Wildman–Crippen LogP) is 4.32. The summed E-state index contributed by atoms with van der Waals surface area (Å²) in [5.74, 6) is 1.58. The lowest BCUT2D eigenvalue weighted by atomic mass is 9.79. The lowest BCUT2D eigenvalue weighted by Gasteiger charge is -2.25. The van der Waals surface area contributed by atoms with Gasteiger partial charge in [0.1, 0.15) is 5.78 Å². The van der Waals surface area contributed by atoms with Crippen LogP contribution >= 0.6 is 0 Å². The van der Waals surface area contributed by atoms with Crippen molar-refractivity contribution in [2.75, 3.05) is 0 Å². The quantitative estimate of drug-likeness (QED) is 0.770. The monoisotopic (exact) mass is 244 g/mol. The predicted molar refractivity (Wildman–Crippen MR) is 75.6 cm³/mol. The minimum Gasteiger partial charge on any atom is -0.299 e. The topological polar surface area (TPSA) is 17.1 Å². The third-order valence-electron chi connectivity index (χ3n) is 4.17. The lowest BCUT2D eigenvalue weighted by Crippen LogP contribution is -2.22. The highest BCUT2D eigenvalue weighted by Gasteiger charge is 2.24. The molecule has 98 valence electrons. The summed E-state index contributed by atoms with van der Waals surface area (Å²) in [5.41, 5.74) is 2.57. The molecule has 1 aliphatic carbocycles. The maximum atomic E-state index is 12.2. The van der Waals surface area contributed by atoms with E-state index in [9.17, 15) is 4.79 Å². The molecule has 1 aromatic rings. The Labute approximate surface area is 111 Å². The SMILES string of the molecule is Cc1ccc(CCC(=O)C2CCCC(C)C2)cc1. The number of aryl methyl sites for hydroxylation is 2. The minimum atomic E-state index is 0.346. The Morgan fingerprint density at radius 2 is 1.94 bits per heavy atom. The molecule has 2 rings (SSSR count). The largest absolute Gasteiger partial charge is 0.299 e. The first kappa shape index (κ1) is 13.3. The average molecular weight is 244 g/mol. The second-order valence-electron chi connectivity index (χ2n) is 5.92. The molecule has 2 atom stereocenters. The molecule has 0 spiro atoms. The molecule has 0 radical (unpaired) electrons. The summed E-state index contributed by atoms with van der Waals surface area (Å²) in [6.07, 6.45) is 6.41. The Kier molecular flexibility index (Phi) is 4.57. The van der Waals surface area contributed by atoms with Crippen molar-refractivity contribution in [3.8, 4) is 0 Å². The number of rotatable bonds is 4. The molecule has 1 saturated carbocycles. The molecular weight excluding hydrogens is 220 g/mol. The van der Waals surface area contributed by atoms with Gasteiger partial charge in [-0.25, -0.2) is 0 Å². The van der Waals surface area contributed by atoms with E-state index in [1.165, 1.54) is 24.0 Å². The van der Waals surface area contributed by atoms with Gasteiger partial charge in [-0.15, -0.1) is 0 Å². The summed E-state index contributed by atoms with van der Waals surface area (Å²) in [6, 6.07) is 8.54. The highest BCUT2D eigenvalue weighted by atomic mass is 16.1. The van der Waals surface area contributed by atoms with Crippen LogP contribution in [0, 0.1) is 18.8 Å². The summed E-state index contributed by atoms with van der Waals surface area (Å²) in [7, 11) is 0. The summed E-state index contributed by atoms with van der Waals surface area (Å²) in [5, 5.41) is 0. The van der Waals surface area contributed by atoms with E-state index in [0.29, 0.717) is 11.7 Å². The van der Waals surface area contributed by atoms with Crippen molar-refractivity contribution in [1.82, 2.24) is 0 Å². The van der Waals surface area contributed by atoms with Gasteiger partial charge in [0, 0.05) is 12.3 Å². The van der Waals surface area contributed by atoms with Gasteiger partial charge in [-0.2, -0.15) is 0 Å². The van der Waals surface area contributed by atoms with Crippen molar-refractivity contribution < 1.29 is 4.79 Å². The molecule has 1 heteroatoms. The van der Waals surface area contributed by atoms with E-state index in [4.69, 9.17) is 0 Å². The van der Waals surface area contributed by atoms with Crippen molar-refractivity contribution in [3.05, 3.63) is 35.4 Å². The maximum Gasteiger partial charge on any atom is 0.136 e. The highest BCUT2D eigenvalue weighted by molar-refractivity contribution is 5.81. The van der Waals surface area contributed by atoms with Crippen LogP contribution in [0.1, 0.15) is 50.2 Å². The van der Waals surface area contributed by atoms with Crippen LogP contribution in [-0.2, 0) is 11.2 Å². The second-order valence-corrected chi connectivity index (χ2v) is 5.92. The van der Waals surface area contributed by atoms with E-state index in [-0.39, 0.29) is 0 Å². The maximum absolute atomic E-state index is 12.2. The summed E-state index contributed by atoms with van der Waals surface area (Å²) >= 11 is 0. The van der Waals surface area contributed by atoms with Gasteiger partial charge in [0.25, 0.3) is 0 Å². The van der Waals surface area contributed by atoms with Crippen LogP contribution in [0.25, 0.3) is 0 Å². The Hall–Kier alpha value is -1.11. The van der Waals surface area contributed by atoms with Crippen LogP contribution < -0.4 is 0 Å². The van der Waals surface area contributed by atoms with E-state index in [1.54, 1.807) is 0 Å². The number of Topliss-reactive ketones (excluding diaryl/α,β-unsaturated/α-hetero) is 1. The molecule has 0 heterocycles. The van der Waals surface area contributed by atoms with Crippen molar-refractivity contribution in [2.24, 2.45) is 11.8 Å². The zero-order valence-corrected chi connectivity index (χ0v) is 11.6. The summed E-state index contributed by atoms with van der Waals surface area (Å²) in [4.78, 5) is 12.2. The van der Waals surface area contributed by atoms with Gasteiger partial charge < -0.3 is 0 Å². The molecule has 1 fully saturated rings. The first-order valence-corrected chi connectivity index (χ1v) is 7.23. The molecule has 0 aromatic heterocycles. The smallest absolute Gasteiger partial charge is 0.136 e. The normalized spacial score (nSPS) is 23.9. The fourth-order valence-electron chi connectivity index (χ4n) is 2.95. The molecule has 0 saturated heterocycles. The molecule has 18 heavy (non-hydrogen) atoms. The molecule has 0 amide bonds. The van der Waals surface area contributed by atoms with Gasteiger partial charge in [0.15, 0.2) is 0 Å². The first-order chi connectivity index (χ1) is 8.65. The highest BCUT2D eigenvalue weighted by Crippen LogP contribution is 2.30. The van der Waals surface area contributed by atoms with E-state index < -0.39 is 0 Å². The van der Waals surface area contributed by atoms with Gasteiger partial charge >= 0.3 is 0 Å². The number of hydrogen-bond acceptors (Lipinski definition) is 1. The van der Waals surface area contributed by atoms with Gasteiger partial charge in [-0.1, -0.05) is 49.6 Å². The Bertz CT molecular complexity index is 391. The van der Waals surface area contributed by atoms with Crippen molar-refractivity contribution in [1.29, 1.82) is 0 Å². The zero-order valence-electron chi connectivity index (χ0n) is 11.6. The van der Waals surface area contributed by atoms with E-state index in [1.807, 2.05) is 0 Å². The second kappa shape index (κ2) is 6.17. The first-order valence-electron chi connectivity index (χ1n) is 7.23. The number of carbonyl (C=O) groups is 1. The van der Waals surface area contributed by atoms with Crippen LogP contribution in [0.5, 0.6) is 0 Å². The van der Waals surface area contributed by atoms with Crippen LogP contribution in [0.15, 0.2) is 24.3 Å². The van der Waals surface area contributed by atoms with Crippen molar-refractivity contribution in [2.45, 2.75) is 52.4 Å². The number of carbonyl (C=O) groups excluding carboxylic acids is 1. The molecule has 0 bridgehead atoms. The summed E-state index contributed by atoms with van der Waals surface area (Å²) in [6.45, 7) is 4.37. The molecule has 2 unspecified atom stereocenters. The number of benzene rings is 1. The van der Waals surface area contributed by atoms with Gasteiger partial charge in [0.2, 0.25) is 0 Å². The van der Waals surface area contributed by atoms with Crippen LogP contribution in [-0.4, -0.2) is 5.78 Å². The molecule has 1 nitrogen and oxygen atoms in total. The summed E-state index contributed by atoms with van der Waals surface area (Å²) < 4.78 is 0. The fraction of sp³-hybridized carbons (Fsp3) is 0.588. The van der Waals surface area contributed by atoms with Gasteiger partial charge in [-0.05, 0) is 37.7 Å². The Morgan fingerprint density at radius 1 is 1.22 bits per heavy atom.